The first kappa shape index (κ1) is 12.7. The molecular weight excluding hydrogens is 230 g/mol. The number of nitrogens with zero attached hydrogens (tertiary/aromatic N) is 1. The summed E-state index contributed by atoms with van der Waals surface area (Å²) in [7, 11) is 1.32. The molecule has 1 heterocycles. The van der Waals surface area contributed by atoms with Crippen molar-refractivity contribution < 1.29 is 14.7 Å². The van der Waals surface area contributed by atoms with Crippen LogP contribution in [-0.2, 0) is 16.0 Å². The summed E-state index contributed by atoms with van der Waals surface area (Å²) < 4.78 is 0. The van der Waals surface area contributed by atoms with Crippen molar-refractivity contribution in [3.8, 4) is 0 Å². The number of likely N-dealkylation sites (N-methyl/N-ethyl adjacent to an activating group) is 1. The van der Waals surface area contributed by atoms with Gasteiger partial charge in [-0.25, -0.2) is 4.79 Å². The molecule has 0 aromatic carbocycles. The second-order valence-electron chi connectivity index (χ2n) is 3.43. The zero-order valence-corrected chi connectivity index (χ0v) is 9.02. The van der Waals surface area contributed by atoms with Gasteiger partial charge in [-0.2, -0.15) is 0 Å². The average molecular weight is 241 g/mol. The van der Waals surface area contributed by atoms with E-state index in [1.165, 1.54) is 7.05 Å². The van der Waals surface area contributed by atoms with Crippen LogP contribution < -0.4 is 11.2 Å². The molecule has 0 atom stereocenters. The molecule has 8 nitrogen and oxygen atoms in total. The Balaban J connectivity index is 2.77. The van der Waals surface area contributed by atoms with E-state index in [9.17, 15) is 19.2 Å². The molecule has 0 aliphatic rings. The minimum absolute atomic E-state index is 0.140. The lowest BCUT2D eigenvalue weighted by Crippen LogP contribution is -2.34. The normalized spacial score (nSPS) is 9.94. The van der Waals surface area contributed by atoms with Gasteiger partial charge in [-0.1, -0.05) is 0 Å². The van der Waals surface area contributed by atoms with Crippen LogP contribution in [0.5, 0.6) is 0 Å². The van der Waals surface area contributed by atoms with Gasteiger partial charge in [-0.3, -0.25) is 19.4 Å². The SMILES string of the molecule is CN(CC(=O)O)C(=O)Cc1cc(=O)[nH]c(=O)[nH]1. The highest BCUT2D eigenvalue weighted by molar-refractivity contribution is 5.82. The van der Waals surface area contributed by atoms with Crippen LogP contribution in [0.2, 0.25) is 0 Å². The van der Waals surface area contributed by atoms with Crippen LogP contribution in [0, 0.1) is 0 Å². The van der Waals surface area contributed by atoms with Crippen molar-refractivity contribution >= 4 is 11.9 Å². The zero-order chi connectivity index (χ0) is 13.0. The van der Waals surface area contributed by atoms with Crippen molar-refractivity contribution in [2.45, 2.75) is 6.42 Å². The third-order valence-corrected chi connectivity index (χ3v) is 1.96. The molecule has 0 saturated carbocycles. The van der Waals surface area contributed by atoms with Gasteiger partial charge >= 0.3 is 11.7 Å². The number of aliphatic carboxylic acids is 1. The minimum Gasteiger partial charge on any atom is -0.480 e. The van der Waals surface area contributed by atoms with E-state index in [1.807, 2.05) is 4.98 Å². The van der Waals surface area contributed by atoms with Gasteiger partial charge in [-0.05, 0) is 0 Å². The third kappa shape index (κ3) is 3.93. The highest BCUT2D eigenvalue weighted by atomic mass is 16.4. The van der Waals surface area contributed by atoms with Gasteiger partial charge in [-0.15, -0.1) is 0 Å². The van der Waals surface area contributed by atoms with Gasteiger partial charge in [0, 0.05) is 18.8 Å². The molecule has 0 radical (unpaired) electrons. The van der Waals surface area contributed by atoms with Crippen molar-refractivity contribution in [3.63, 3.8) is 0 Å². The van der Waals surface area contributed by atoms with Crippen LogP contribution in [0.1, 0.15) is 5.69 Å². The predicted octanol–water partition coefficient (Wildman–Crippen LogP) is -1.85. The summed E-state index contributed by atoms with van der Waals surface area (Å²) in [5, 5.41) is 8.48. The lowest BCUT2D eigenvalue weighted by molar-refractivity contribution is -0.143. The van der Waals surface area contributed by atoms with Crippen molar-refractivity contribution in [1.82, 2.24) is 14.9 Å². The van der Waals surface area contributed by atoms with Crippen molar-refractivity contribution in [2.75, 3.05) is 13.6 Å². The number of H-pyrrole nitrogens is 2. The topological polar surface area (TPSA) is 123 Å². The van der Waals surface area contributed by atoms with Crippen LogP contribution in [0.25, 0.3) is 0 Å². The molecule has 1 aromatic rings. The Labute approximate surface area is 94.9 Å². The number of amides is 1. The number of carboxylic acid groups (broad SMARTS) is 1. The molecule has 92 valence electrons. The average Bonchev–Trinajstić information content (AvgIpc) is 2.14. The van der Waals surface area contributed by atoms with Gasteiger partial charge in [0.25, 0.3) is 5.56 Å². The molecule has 0 fully saturated rings. The largest absolute Gasteiger partial charge is 0.480 e. The number of hydrogen-bond donors (Lipinski definition) is 3. The lowest BCUT2D eigenvalue weighted by atomic mass is 10.2. The molecule has 0 aliphatic heterocycles. The van der Waals surface area contributed by atoms with Crippen LogP contribution >= 0.6 is 0 Å². The van der Waals surface area contributed by atoms with Gasteiger partial charge in [0.15, 0.2) is 0 Å². The molecule has 1 amide bonds. The number of nitrogens with one attached hydrogen (secondary N) is 2. The van der Waals surface area contributed by atoms with E-state index < -0.39 is 29.7 Å². The molecule has 0 bridgehead atoms. The number of rotatable bonds is 4. The van der Waals surface area contributed by atoms with Gasteiger partial charge in [0.05, 0.1) is 6.42 Å². The smallest absolute Gasteiger partial charge is 0.325 e. The number of carbonyl (C=O) groups excluding carboxylic acids is 1. The number of carboxylic acids is 1. The molecule has 1 aromatic heterocycles. The Morgan fingerprint density at radius 3 is 2.53 bits per heavy atom. The maximum Gasteiger partial charge on any atom is 0.325 e. The summed E-state index contributed by atoms with van der Waals surface area (Å²) in [6.45, 7) is -0.438. The summed E-state index contributed by atoms with van der Waals surface area (Å²) in [6, 6.07) is 1.08. The standard InChI is InChI=1S/C9H11N3O5/c1-12(4-8(15)16)7(14)3-5-2-6(13)11-9(17)10-5/h2H,3-4H2,1H3,(H,15,16)(H2,10,11,13,17). The van der Waals surface area contributed by atoms with E-state index in [-0.39, 0.29) is 12.1 Å². The van der Waals surface area contributed by atoms with Gasteiger partial charge in [0.1, 0.15) is 6.54 Å². The number of carbonyl (C=O) groups is 2. The molecule has 0 unspecified atom stereocenters. The highest BCUT2D eigenvalue weighted by Gasteiger charge is 2.13. The van der Waals surface area contributed by atoms with E-state index >= 15 is 0 Å². The van der Waals surface area contributed by atoms with Gasteiger partial charge < -0.3 is 15.0 Å². The monoisotopic (exact) mass is 241 g/mol. The molecule has 0 spiro atoms. The van der Waals surface area contributed by atoms with Gasteiger partial charge in [0.2, 0.25) is 5.91 Å². The van der Waals surface area contributed by atoms with E-state index in [2.05, 4.69) is 4.98 Å². The van der Waals surface area contributed by atoms with Crippen molar-refractivity contribution in [1.29, 1.82) is 0 Å². The molecule has 17 heavy (non-hydrogen) atoms. The summed E-state index contributed by atoms with van der Waals surface area (Å²) >= 11 is 0. The third-order valence-electron chi connectivity index (χ3n) is 1.96. The second-order valence-corrected chi connectivity index (χ2v) is 3.43. The molecule has 8 heteroatoms. The number of aromatic nitrogens is 2. The quantitative estimate of drug-likeness (QED) is 0.570. The Kier molecular flexibility index (Phi) is 3.81. The first-order chi connectivity index (χ1) is 7.88. The summed E-state index contributed by atoms with van der Waals surface area (Å²) in [5.74, 6) is -1.64. The Bertz CT molecular complexity index is 516. The Hall–Kier alpha value is -2.38. The van der Waals surface area contributed by atoms with Crippen LogP contribution in [0.3, 0.4) is 0 Å². The molecule has 1 rings (SSSR count). The minimum atomic E-state index is -1.14. The van der Waals surface area contributed by atoms with E-state index in [0.29, 0.717) is 0 Å². The van der Waals surface area contributed by atoms with E-state index in [0.717, 1.165) is 11.0 Å². The summed E-state index contributed by atoms with van der Waals surface area (Å²) in [4.78, 5) is 49.0. The fraction of sp³-hybridized carbons (Fsp3) is 0.333. The lowest BCUT2D eigenvalue weighted by Gasteiger charge is -2.13. The summed E-state index contributed by atoms with van der Waals surface area (Å²) in [5.41, 5.74) is -1.18. The summed E-state index contributed by atoms with van der Waals surface area (Å²) in [6.07, 6.45) is -0.233. The zero-order valence-electron chi connectivity index (χ0n) is 9.02. The second kappa shape index (κ2) is 5.10. The fourth-order valence-electron chi connectivity index (χ4n) is 1.20. The molecule has 3 N–H and O–H groups in total. The molecule has 0 aliphatic carbocycles. The molecular formula is C9H11N3O5. The van der Waals surface area contributed by atoms with Crippen molar-refractivity contribution in [2.24, 2.45) is 0 Å². The van der Waals surface area contributed by atoms with E-state index in [1.54, 1.807) is 0 Å². The van der Waals surface area contributed by atoms with Crippen LogP contribution in [0.15, 0.2) is 15.7 Å². The maximum absolute atomic E-state index is 11.5. The first-order valence-electron chi connectivity index (χ1n) is 4.67. The van der Waals surface area contributed by atoms with Crippen molar-refractivity contribution in [3.05, 3.63) is 32.6 Å². The fourth-order valence-corrected chi connectivity index (χ4v) is 1.20. The predicted molar refractivity (Wildman–Crippen MR) is 56.7 cm³/mol. The van der Waals surface area contributed by atoms with Crippen LogP contribution in [-0.4, -0.2) is 45.4 Å². The number of aromatic amines is 2. The Morgan fingerprint density at radius 1 is 1.35 bits per heavy atom. The number of hydrogen-bond acceptors (Lipinski definition) is 4. The highest BCUT2D eigenvalue weighted by Crippen LogP contribution is 1.94. The maximum atomic E-state index is 11.5. The van der Waals surface area contributed by atoms with Crippen LogP contribution in [0.4, 0.5) is 0 Å². The molecule has 0 saturated heterocycles. The van der Waals surface area contributed by atoms with E-state index in [4.69, 9.17) is 5.11 Å². The first-order valence-corrected chi connectivity index (χ1v) is 4.67. The Morgan fingerprint density at radius 2 is 2.00 bits per heavy atom.